The summed E-state index contributed by atoms with van der Waals surface area (Å²) in [6, 6.07) is 22.5. The maximum atomic E-state index is 5.81. The first-order chi connectivity index (χ1) is 13.8. The number of para-hydroxylation sites is 1. The van der Waals surface area contributed by atoms with Crippen LogP contribution in [-0.4, -0.2) is 25.8 Å². The standard InChI is InChI=1S/C22H20N4OS/c28-22-25(16-24-13-12-17-7-4-5-8-18(17)15-24)23-21(20-11-6-14-27-20)26(22)19-9-2-1-3-10-19/h1-11,14H,12-13,15-16H2. The Kier molecular flexibility index (Phi) is 4.43. The van der Waals surface area contributed by atoms with Crippen LogP contribution in [0.4, 0.5) is 0 Å². The summed E-state index contributed by atoms with van der Waals surface area (Å²) in [6.45, 7) is 2.56. The number of hydrogen-bond donors (Lipinski definition) is 0. The Morgan fingerprint density at radius 3 is 2.50 bits per heavy atom. The fraction of sp³-hybridized carbons (Fsp3) is 0.182. The Morgan fingerprint density at radius 2 is 1.71 bits per heavy atom. The van der Waals surface area contributed by atoms with E-state index < -0.39 is 0 Å². The molecule has 0 atom stereocenters. The van der Waals surface area contributed by atoms with Crippen LogP contribution >= 0.6 is 12.2 Å². The molecule has 0 radical (unpaired) electrons. The predicted octanol–water partition coefficient (Wildman–Crippen LogP) is 4.68. The van der Waals surface area contributed by atoms with Crippen molar-refractivity contribution in [3.63, 3.8) is 0 Å². The monoisotopic (exact) mass is 388 g/mol. The molecule has 1 aliphatic rings. The predicted molar refractivity (Wildman–Crippen MR) is 111 cm³/mol. The molecule has 0 N–H and O–H groups in total. The highest BCUT2D eigenvalue weighted by atomic mass is 32.1. The van der Waals surface area contributed by atoms with Gasteiger partial charge in [-0.3, -0.25) is 9.47 Å². The molecule has 6 heteroatoms. The second-order valence-electron chi connectivity index (χ2n) is 6.97. The maximum Gasteiger partial charge on any atom is 0.204 e. The SMILES string of the molecule is S=c1n(CN2CCc3ccccc3C2)nc(-c2ccco2)n1-c1ccccc1. The van der Waals surface area contributed by atoms with Crippen molar-refractivity contribution in [2.24, 2.45) is 0 Å². The van der Waals surface area contributed by atoms with Gasteiger partial charge in [0.1, 0.15) is 0 Å². The van der Waals surface area contributed by atoms with E-state index in [1.165, 1.54) is 11.1 Å². The third-order valence-corrected chi connectivity index (χ3v) is 5.53. The lowest BCUT2D eigenvalue weighted by molar-refractivity contribution is 0.188. The van der Waals surface area contributed by atoms with E-state index in [1.807, 2.05) is 51.7 Å². The first kappa shape index (κ1) is 17.2. The number of benzene rings is 2. The lowest BCUT2D eigenvalue weighted by atomic mass is 10.0. The Labute approximate surface area is 168 Å². The molecule has 0 spiro atoms. The van der Waals surface area contributed by atoms with Crippen molar-refractivity contribution in [2.45, 2.75) is 19.6 Å². The fourth-order valence-corrected chi connectivity index (χ4v) is 4.03. The van der Waals surface area contributed by atoms with Crippen molar-refractivity contribution < 1.29 is 4.42 Å². The summed E-state index contributed by atoms with van der Waals surface area (Å²) in [5.74, 6) is 1.43. The van der Waals surface area contributed by atoms with E-state index in [-0.39, 0.29) is 0 Å². The molecule has 5 nitrogen and oxygen atoms in total. The van der Waals surface area contributed by atoms with E-state index >= 15 is 0 Å². The Bertz CT molecular complexity index is 1150. The van der Waals surface area contributed by atoms with Crippen molar-refractivity contribution in [1.29, 1.82) is 0 Å². The van der Waals surface area contributed by atoms with Crippen LogP contribution in [0.1, 0.15) is 11.1 Å². The normalized spacial score (nSPS) is 14.1. The molecule has 4 aromatic rings. The molecule has 140 valence electrons. The van der Waals surface area contributed by atoms with Gasteiger partial charge in [0.05, 0.1) is 18.6 Å². The smallest absolute Gasteiger partial charge is 0.204 e. The topological polar surface area (TPSA) is 39.1 Å². The molecule has 0 unspecified atom stereocenters. The minimum absolute atomic E-state index is 0.653. The summed E-state index contributed by atoms with van der Waals surface area (Å²) < 4.78 is 10.2. The van der Waals surface area contributed by atoms with Crippen molar-refractivity contribution >= 4 is 12.2 Å². The van der Waals surface area contributed by atoms with Gasteiger partial charge in [-0.1, -0.05) is 42.5 Å². The van der Waals surface area contributed by atoms with E-state index in [1.54, 1.807) is 6.26 Å². The van der Waals surface area contributed by atoms with Gasteiger partial charge in [0, 0.05) is 13.1 Å². The molecule has 5 rings (SSSR count). The summed E-state index contributed by atoms with van der Waals surface area (Å²) in [5.41, 5.74) is 3.80. The molecule has 2 aromatic heterocycles. The van der Waals surface area contributed by atoms with Gasteiger partial charge in [-0.2, -0.15) is 0 Å². The van der Waals surface area contributed by atoms with Gasteiger partial charge in [-0.25, -0.2) is 4.68 Å². The second kappa shape index (κ2) is 7.22. The third-order valence-electron chi connectivity index (χ3n) is 5.14. The maximum absolute atomic E-state index is 5.81. The van der Waals surface area contributed by atoms with Crippen molar-refractivity contribution in [3.8, 4) is 17.3 Å². The van der Waals surface area contributed by atoms with Crippen LogP contribution in [0.25, 0.3) is 17.3 Å². The van der Waals surface area contributed by atoms with E-state index in [0.29, 0.717) is 17.2 Å². The number of furan rings is 1. The summed E-state index contributed by atoms with van der Waals surface area (Å²) >= 11 is 5.81. The number of hydrogen-bond acceptors (Lipinski definition) is 4. The zero-order valence-corrected chi connectivity index (χ0v) is 16.2. The lowest BCUT2D eigenvalue weighted by Gasteiger charge is -2.28. The first-order valence-electron chi connectivity index (χ1n) is 9.38. The molecular formula is C22H20N4OS. The Morgan fingerprint density at radius 1 is 0.929 bits per heavy atom. The summed E-state index contributed by atoms with van der Waals surface area (Å²) in [4.78, 5) is 2.38. The van der Waals surface area contributed by atoms with E-state index in [2.05, 4.69) is 29.2 Å². The minimum Gasteiger partial charge on any atom is -0.461 e. The lowest BCUT2D eigenvalue weighted by Crippen LogP contribution is -2.32. The van der Waals surface area contributed by atoms with Gasteiger partial charge in [0.2, 0.25) is 10.6 Å². The average Bonchev–Trinajstić information content (AvgIpc) is 3.37. The molecule has 3 heterocycles. The minimum atomic E-state index is 0.653. The molecule has 0 saturated heterocycles. The summed E-state index contributed by atoms with van der Waals surface area (Å²) in [5, 5.41) is 4.82. The molecule has 2 aromatic carbocycles. The third kappa shape index (κ3) is 3.10. The van der Waals surface area contributed by atoms with Crippen LogP contribution in [-0.2, 0) is 19.6 Å². The van der Waals surface area contributed by atoms with Gasteiger partial charge < -0.3 is 4.42 Å². The Balaban J connectivity index is 1.52. The fourth-order valence-electron chi connectivity index (χ4n) is 3.74. The summed E-state index contributed by atoms with van der Waals surface area (Å²) in [7, 11) is 0. The molecule has 0 amide bonds. The molecule has 0 aliphatic carbocycles. The van der Waals surface area contributed by atoms with E-state index in [4.69, 9.17) is 21.7 Å². The van der Waals surface area contributed by atoms with Gasteiger partial charge in [0.25, 0.3) is 0 Å². The second-order valence-corrected chi connectivity index (χ2v) is 7.33. The van der Waals surface area contributed by atoms with Crippen molar-refractivity contribution in [3.05, 3.63) is 88.9 Å². The van der Waals surface area contributed by atoms with Crippen LogP contribution in [0.2, 0.25) is 0 Å². The average molecular weight is 388 g/mol. The highest BCUT2D eigenvalue weighted by molar-refractivity contribution is 7.71. The van der Waals surface area contributed by atoms with Crippen LogP contribution in [0, 0.1) is 4.77 Å². The van der Waals surface area contributed by atoms with Gasteiger partial charge in [-0.15, -0.1) is 5.10 Å². The number of fused-ring (bicyclic) bond motifs is 1. The zero-order valence-electron chi connectivity index (χ0n) is 15.4. The molecule has 28 heavy (non-hydrogen) atoms. The van der Waals surface area contributed by atoms with E-state index in [0.717, 1.165) is 31.0 Å². The highest BCUT2D eigenvalue weighted by Crippen LogP contribution is 2.24. The van der Waals surface area contributed by atoms with Gasteiger partial charge >= 0.3 is 0 Å². The number of rotatable bonds is 4. The van der Waals surface area contributed by atoms with Gasteiger partial charge in [0.15, 0.2) is 5.76 Å². The van der Waals surface area contributed by atoms with Crippen LogP contribution < -0.4 is 0 Å². The van der Waals surface area contributed by atoms with Crippen molar-refractivity contribution in [2.75, 3.05) is 6.54 Å². The molecule has 1 aliphatic heterocycles. The molecule has 0 bridgehead atoms. The van der Waals surface area contributed by atoms with Crippen LogP contribution in [0.3, 0.4) is 0 Å². The quantitative estimate of drug-likeness (QED) is 0.476. The van der Waals surface area contributed by atoms with Crippen LogP contribution in [0.15, 0.2) is 77.4 Å². The largest absolute Gasteiger partial charge is 0.461 e. The number of nitrogens with zero attached hydrogens (tertiary/aromatic N) is 4. The zero-order chi connectivity index (χ0) is 18.9. The molecule has 0 saturated carbocycles. The van der Waals surface area contributed by atoms with Crippen LogP contribution in [0.5, 0.6) is 0 Å². The number of aromatic nitrogens is 3. The highest BCUT2D eigenvalue weighted by Gasteiger charge is 2.20. The molecular weight excluding hydrogens is 368 g/mol. The van der Waals surface area contributed by atoms with Gasteiger partial charge in [-0.05, 0) is 54.0 Å². The first-order valence-corrected chi connectivity index (χ1v) is 9.79. The van der Waals surface area contributed by atoms with E-state index in [9.17, 15) is 0 Å². The molecule has 0 fully saturated rings. The van der Waals surface area contributed by atoms with Crippen molar-refractivity contribution in [1.82, 2.24) is 19.2 Å². The Hall–Kier alpha value is -2.96. The summed E-state index contributed by atoms with van der Waals surface area (Å²) in [6.07, 6.45) is 2.71.